The molecular formula is C29H39IO8. The smallest absolute Gasteiger partial charge is 0.335 e. The van der Waals surface area contributed by atoms with Crippen LogP contribution in [0, 0.1) is 22.7 Å². The highest BCUT2D eigenvalue weighted by atomic mass is 127. The fraction of sp³-hybridized carbons (Fsp3) is 0.759. The fourth-order valence-corrected chi connectivity index (χ4v) is 9.68. The second-order valence-electron chi connectivity index (χ2n) is 12.8. The summed E-state index contributed by atoms with van der Waals surface area (Å²) in [5, 5.41) is 43.0. The molecular weight excluding hydrogens is 603 g/mol. The molecule has 6 rings (SSSR count). The molecule has 1 saturated heterocycles. The molecule has 210 valence electrons. The minimum Gasteiger partial charge on any atom is -0.431 e. The largest absolute Gasteiger partial charge is 0.431 e. The average Bonchev–Trinajstić information content (AvgIpc) is 3.18. The van der Waals surface area contributed by atoms with E-state index in [2.05, 4.69) is 19.9 Å². The second-order valence-corrected chi connectivity index (χ2v) is 14.0. The molecule has 9 heteroatoms. The molecule has 7 unspecified atom stereocenters. The van der Waals surface area contributed by atoms with Crippen molar-refractivity contribution >= 4 is 22.6 Å². The maximum absolute atomic E-state index is 12.4. The SMILES string of the molecule is C[C@]12CC[C@H](OC3OC(I)C(O)C(O)C3O)C=C1CCC1C2CC[C@]2(C)[C@@H](c3ccc(=O)oc3)CC[C@]12O. The lowest BCUT2D eigenvalue weighted by Gasteiger charge is -2.62. The molecule has 0 aromatic carbocycles. The van der Waals surface area contributed by atoms with Gasteiger partial charge in [0.05, 0.1) is 18.0 Å². The monoisotopic (exact) mass is 642 g/mol. The summed E-state index contributed by atoms with van der Waals surface area (Å²) in [5.74, 6) is 0.756. The first-order valence-corrected chi connectivity index (χ1v) is 15.2. The van der Waals surface area contributed by atoms with Gasteiger partial charge in [-0.3, -0.25) is 0 Å². The molecule has 3 saturated carbocycles. The highest BCUT2D eigenvalue weighted by Gasteiger charge is 2.66. The van der Waals surface area contributed by atoms with Crippen LogP contribution in [0.2, 0.25) is 0 Å². The lowest BCUT2D eigenvalue weighted by molar-refractivity contribution is -0.284. The Morgan fingerprint density at radius 2 is 1.76 bits per heavy atom. The molecule has 8 nitrogen and oxygen atoms in total. The normalized spacial score (nSPS) is 50.5. The van der Waals surface area contributed by atoms with Crippen molar-refractivity contribution in [3.05, 3.63) is 46.0 Å². The van der Waals surface area contributed by atoms with E-state index in [0.29, 0.717) is 5.92 Å². The van der Waals surface area contributed by atoms with Crippen molar-refractivity contribution in [2.75, 3.05) is 0 Å². The molecule has 2 heterocycles. The van der Waals surface area contributed by atoms with Crippen LogP contribution < -0.4 is 5.63 Å². The zero-order valence-electron chi connectivity index (χ0n) is 22.0. The van der Waals surface area contributed by atoms with Crippen LogP contribution in [0.5, 0.6) is 0 Å². The van der Waals surface area contributed by atoms with Crippen molar-refractivity contribution in [3.63, 3.8) is 0 Å². The lowest BCUT2D eigenvalue weighted by Crippen LogP contribution is -2.60. The summed E-state index contributed by atoms with van der Waals surface area (Å²) in [4.78, 5) is 11.5. The molecule has 4 aliphatic carbocycles. The van der Waals surface area contributed by atoms with Gasteiger partial charge in [0, 0.05) is 11.5 Å². The molecule has 38 heavy (non-hydrogen) atoms. The van der Waals surface area contributed by atoms with Crippen LogP contribution in [0.3, 0.4) is 0 Å². The Kier molecular flexibility index (Phi) is 6.93. The molecule has 1 aromatic rings. The Hall–Kier alpha value is -0.820. The number of aliphatic hydroxyl groups is 4. The maximum atomic E-state index is 12.4. The summed E-state index contributed by atoms with van der Waals surface area (Å²) >= 11 is 1.91. The van der Waals surface area contributed by atoms with Gasteiger partial charge < -0.3 is 34.3 Å². The van der Waals surface area contributed by atoms with E-state index < -0.39 is 34.3 Å². The van der Waals surface area contributed by atoms with Gasteiger partial charge in [0.2, 0.25) is 0 Å². The van der Waals surface area contributed by atoms with E-state index in [-0.39, 0.29) is 34.4 Å². The van der Waals surface area contributed by atoms with Crippen LogP contribution in [0.25, 0.3) is 0 Å². The Labute approximate surface area is 236 Å². The predicted octanol–water partition coefficient (Wildman–Crippen LogP) is 3.39. The van der Waals surface area contributed by atoms with Gasteiger partial charge in [0.1, 0.15) is 22.4 Å². The van der Waals surface area contributed by atoms with Gasteiger partial charge in [-0.05, 0) is 109 Å². The molecule has 1 aliphatic heterocycles. The minimum atomic E-state index is -1.31. The predicted molar refractivity (Wildman–Crippen MR) is 146 cm³/mol. The van der Waals surface area contributed by atoms with Crippen molar-refractivity contribution < 1.29 is 34.3 Å². The highest BCUT2D eigenvalue weighted by molar-refractivity contribution is 14.1. The summed E-state index contributed by atoms with van der Waals surface area (Å²) in [6, 6.07) is 3.36. The second kappa shape index (κ2) is 9.63. The first-order valence-electron chi connectivity index (χ1n) is 14.0. The lowest BCUT2D eigenvalue weighted by atomic mass is 9.45. The third kappa shape index (κ3) is 4.01. The number of hydrogen-bond acceptors (Lipinski definition) is 8. The molecule has 5 aliphatic rings. The van der Waals surface area contributed by atoms with E-state index in [0.717, 1.165) is 56.9 Å². The highest BCUT2D eigenvalue weighted by Crippen LogP contribution is 2.70. The summed E-state index contributed by atoms with van der Waals surface area (Å²) in [6.07, 6.45) is 5.90. The molecule has 0 bridgehead atoms. The summed E-state index contributed by atoms with van der Waals surface area (Å²) in [5.41, 5.74) is 0.985. The summed E-state index contributed by atoms with van der Waals surface area (Å²) in [6.45, 7) is 4.59. The Morgan fingerprint density at radius 1 is 0.974 bits per heavy atom. The zero-order chi connectivity index (χ0) is 27.0. The van der Waals surface area contributed by atoms with Gasteiger partial charge in [0.15, 0.2) is 6.29 Å². The third-order valence-corrected chi connectivity index (χ3v) is 12.2. The zero-order valence-corrected chi connectivity index (χ0v) is 24.1. The third-order valence-electron chi connectivity index (χ3n) is 11.2. The van der Waals surface area contributed by atoms with E-state index in [4.69, 9.17) is 13.9 Å². The van der Waals surface area contributed by atoms with Crippen LogP contribution in [0.4, 0.5) is 0 Å². The summed E-state index contributed by atoms with van der Waals surface area (Å²) < 4.78 is 16.4. The van der Waals surface area contributed by atoms with E-state index >= 15 is 0 Å². The van der Waals surface area contributed by atoms with Crippen LogP contribution in [-0.2, 0) is 9.47 Å². The van der Waals surface area contributed by atoms with Crippen molar-refractivity contribution in [2.24, 2.45) is 22.7 Å². The number of halogens is 1. The molecule has 1 aromatic heterocycles. The Morgan fingerprint density at radius 3 is 2.50 bits per heavy atom. The van der Waals surface area contributed by atoms with E-state index in [1.165, 1.54) is 11.6 Å². The van der Waals surface area contributed by atoms with Crippen LogP contribution in [-0.4, -0.2) is 60.8 Å². The molecule has 0 radical (unpaired) electrons. The minimum absolute atomic E-state index is 0.0228. The van der Waals surface area contributed by atoms with Crippen molar-refractivity contribution in [1.29, 1.82) is 0 Å². The molecule has 0 amide bonds. The van der Waals surface area contributed by atoms with Crippen molar-refractivity contribution in [2.45, 2.75) is 112 Å². The Balaban J connectivity index is 1.21. The Bertz CT molecular complexity index is 1130. The number of alkyl halides is 1. The van der Waals surface area contributed by atoms with Gasteiger partial charge in [-0.25, -0.2) is 4.79 Å². The number of fused-ring (bicyclic) bond motifs is 5. The fourth-order valence-electron chi connectivity index (χ4n) is 8.97. The van der Waals surface area contributed by atoms with Gasteiger partial charge in [0.25, 0.3) is 0 Å². The quantitative estimate of drug-likeness (QED) is 0.225. The van der Waals surface area contributed by atoms with Gasteiger partial charge in [-0.1, -0.05) is 25.5 Å². The number of aliphatic hydroxyl groups excluding tert-OH is 3. The van der Waals surface area contributed by atoms with Gasteiger partial charge in [-0.15, -0.1) is 0 Å². The molecule has 4 fully saturated rings. The first kappa shape index (κ1) is 27.4. The standard InChI is InChI=1S/C29H39IO8/c1-27-10-7-17(37-26-24(34)22(32)23(33)25(30)38-26)13-16(27)4-5-20-19(27)8-11-28(2)18(9-12-29(20,28)35)15-3-6-21(31)36-14-15/h3,6,13-14,17-20,22-26,32-35H,4-5,7-12H2,1-2H3/t17-,18+,19?,20?,22?,23?,24?,25?,26?,27-,28+,29-/m0/s1. The van der Waals surface area contributed by atoms with Crippen LogP contribution in [0.1, 0.15) is 76.7 Å². The number of hydrogen-bond donors (Lipinski definition) is 4. The molecule has 4 N–H and O–H groups in total. The van der Waals surface area contributed by atoms with E-state index in [1.54, 1.807) is 6.26 Å². The van der Waals surface area contributed by atoms with Crippen LogP contribution in [0.15, 0.2) is 39.3 Å². The van der Waals surface area contributed by atoms with E-state index in [1.807, 2.05) is 28.7 Å². The number of rotatable bonds is 3. The van der Waals surface area contributed by atoms with Crippen molar-refractivity contribution in [3.8, 4) is 0 Å². The van der Waals surface area contributed by atoms with Gasteiger partial charge >= 0.3 is 5.63 Å². The molecule has 12 atom stereocenters. The average molecular weight is 643 g/mol. The number of allylic oxidation sites excluding steroid dienone is 1. The van der Waals surface area contributed by atoms with Gasteiger partial charge in [-0.2, -0.15) is 0 Å². The molecule has 0 spiro atoms. The maximum Gasteiger partial charge on any atom is 0.335 e. The van der Waals surface area contributed by atoms with Crippen LogP contribution >= 0.6 is 22.6 Å². The topological polar surface area (TPSA) is 130 Å². The number of ether oxygens (including phenoxy) is 2. The van der Waals surface area contributed by atoms with E-state index in [9.17, 15) is 25.2 Å². The first-order chi connectivity index (χ1) is 18.0. The summed E-state index contributed by atoms with van der Waals surface area (Å²) in [7, 11) is 0. The van der Waals surface area contributed by atoms with Crippen molar-refractivity contribution in [1.82, 2.24) is 0 Å².